The van der Waals surface area contributed by atoms with Crippen LogP contribution in [0.2, 0.25) is 0 Å². The number of methoxy groups -OCH3 is 1. The molecule has 122 valence electrons. The van der Waals surface area contributed by atoms with Gasteiger partial charge in [-0.2, -0.15) is 0 Å². The van der Waals surface area contributed by atoms with E-state index in [1.54, 1.807) is 14.2 Å². The van der Waals surface area contributed by atoms with Gasteiger partial charge in [0.25, 0.3) is 0 Å². The molecule has 0 aliphatic carbocycles. The molecular weight excluding hydrogens is 278 g/mol. The summed E-state index contributed by atoms with van der Waals surface area (Å²) in [6, 6.07) is 8.26. The Morgan fingerprint density at radius 2 is 2.00 bits per heavy atom. The molecule has 1 amide bonds. The van der Waals surface area contributed by atoms with E-state index in [2.05, 4.69) is 21.6 Å². The molecule has 2 rings (SSSR count). The van der Waals surface area contributed by atoms with Crippen molar-refractivity contribution in [3.05, 3.63) is 29.8 Å². The van der Waals surface area contributed by atoms with Crippen molar-refractivity contribution in [2.24, 2.45) is 0 Å². The van der Waals surface area contributed by atoms with E-state index >= 15 is 0 Å². The summed E-state index contributed by atoms with van der Waals surface area (Å²) in [5, 5.41) is 5.91. The number of hydrogen-bond donors (Lipinski definition) is 2. The predicted molar refractivity (Wildman–Crippen MR) is 88.1 cm³/mol. The van der Waals surface area contributed by atoms with E-state index in [0.29, 0.717) is 13.1 Å². The summed E-state index contributed by atoms with van der Waals surface area (Å²) in [5.41, 5.74) is 1.15. The van der Waals surface area contributed by atoms with Crippen molar-refractivity contribution in [2.45, 2.75) is 25.3 Å². The normalized spacial score (nSPS) is 17.0. The highest BCUT2D eigenvalue weighted by molar-refractivity contribution is 5.78. The second-order valence-corrected chi connectivity index (χ2v) is 5.69. The Bertz CT molecular complexity index is 473. The average molecular weight is 305 g/mol. The molecule has 0 spiro atoms. The molecule has 1 atom stereocenters. The minimum absolute atomic E-state index is 0.0272. The number of piperidine rings is 1. The van der Waals surface area contributed by atoms with E-state index in [-0.39, 0.29) is 11.9 Å². The van der Waals surface area contributed by atoms with Gasteiger partial charge < -0.3 is 15.4 Å². The summed E-state index contributed by atoms with van der Waals surface area (Å²) >= 11 is 0. The third-order valence-corrected chi connectivity index (χ3v) is 4.16. The van der Waals surface area contributed by atoms with Crippen LogP contribution in [0.25, 0.3) is 0 Å². The van der Waals surface area contributed by atoms with Gasteiger partial charge in [-0.1, -0.05) is 24.6 Å². The summed E-state index contributed by atoms with van der Waals surface area (Å²) < 4.78 is 5.52. The van der Waals surface area contributed by atoms with Gasteiger partial charge in [0.15, 0.2) is 0 Å². The lowest BCUT2D eigenvalue weighted by Crippen LogP contribution is -2.42. The molecule has 0 radical (unpaired) electrons. The zero-order valence-corrected chi connectivity index (χ0v) is 13.6. The number of nitrogens with zero attached hydrogens (tertiary/aromatic N) is 1. The second-order valence-electron chi connectivity index (χ2n) is 5.69. The number of benzene rings is 1. The Kier molecular flexibility index (Phi) is 6.68. The van der Waals surface area contributed by atoms with E-state index < -0.39 is 0 Å². The van der Waals surface area contributed by atoms with Crippen LogP contribution in [0.15, 0.2) is 24.3 Å². The maximum atomic E-state index is 11.8. The summed E-state index contributed by atoms with van der Waals surface area (Å²) in [7, 11) is 3.48. The summed E-state index contributed by atoms with van der Waals surface area (Å²) in [5.74, 6) is 0.917. The number of rotatable bonds is 7. The van der Waals surface area contributed by atoms with Crippen molar-refractivity contribution in [1.29, 1.82) is 0 Å². The topological polar surface area (TPSA) is 53.6 Å². The number of para-hydroxylation sites is 1. The molecule has 0 bridgehead atoms. The van der Waals surface area contributed by atoms with E-state index in [9.17, 15) is 4.79 Å². The smallest absolute Gasteiger partial charge is 0.234 e. The zero-order chi connectivity index (χ0) is 15.8. The van der Waals surface area contributed by atoms with Gasteiger partial charge in [-0.15, -0.1) is 0 Å². The molecule has 1 heterocycles. The lowest BCUT2D eigenvalue weighted by Gasteiger charge is -2.35. The number of hydrogen-bond acceptors (Lipinski definition) is 4. The minimum atomic E-state index is 0.0272. The number of likely N-dealkylation sites (N-methyl/N-ethyl adjacent to an activating group) is 1. The molecule has 5 heteroatoms. The number of amides is 1. The van der Waals surface area contributed by atoms with Gasteiger partial charge >= 0.3 is 0 Å². The third-order valence-electron chi connectivity index (χ3n) is 4.16. The molecule has 0 saturated carbocycles. The molecule has 1 unspecified atom stereocenters. The van der Waals surface area contributed by atoms with Crippen LogP contribution >= 0.6 is 0 Å². The molecule has 1 aliphatic rings. The maximum Gasteiger partial charge on any atom is 0.234 e. The molecule has 2 N–H and O–H groups in total. The Morgan fingerprint density at radius 3 is 2.68 bits per heavy atom. The second kappa shape index (κ2) is 8.76. The molecular formula is C17H27N3O2. The zero-order valence-electron chi connectivity index (χ0n) is 13.6. The molecule has 1 aromatic carbocycles. The van der Waals surface area contributed by atoms with Crippen molar-refractivity contribution < 1.29 is 9.53 Å². The first kappa shape index (κ1) is 16.8. The van der Waals surface area contributed by atoms with Crippen molar-refractivity contribution in [3.63, 3.8) is 0 Å². The van der Waals surface area contributed by atoms with Gasteiger partial charge in [0.05, 0.1) is 19.7 Å². The monoisotopic (exact) mass is 305 g/mol. The van der Waals surface area contributed by atoms with Crippen LogP contribution in [0.3, 0.4) is 0 Å². The Morgan fingerprint density at radius 1 is 1.27 bits per heavy atom. The number of carbonyl (C=O) groups excluding carboxylic acids is 1. The Hall–Kier alpha value is -1.59. The average Bonchev–Trinajstić information content (AvgIpc) is 2.57. The van der Waals surface area contributed by atoms with Crippen LogP contribution in [-0.2, 0) is 4.79 Å². The highest BCUT2D eigenvalue weighted by atomic mass is 16.5. The molecule has 1 fully saturated rings. The number of ether oxygens (including phenoxy) is 1. The fourth-order valence-corrected chi connectivity index (χ4v) is 3.04. The molecule has 1 aliphatic heterocycles. The Labute approximate surface area is 133 Å². The van der Waals surface area contributed by atoms with Crippen LogP contribution in [0.4, 0.5) is 0 Å². The number of likely N-dealkylation sites (tertiary alicyclic amines) is 1. The summed E-state index contributed by atoms with van der Waals surface area (Å²) in [6.45, 7) is 3.11. The van der Waals surface area contributed by atoms with Gasteiger partial charge in [-0.05, 0) is 39.0 Å². The predicted octanol–water partition coefficient (Wildman–Crippen LogP) is 1.56. The SMILES string of the molecule is CNCC(=O)NCC(c1ccccc1OC)N1CCCCC1. The first-order chi connectivity index (χ1) is 10.8. The van der Waals surface area contributed by atoms with E-state index in [4.69, 9.17) is 4.74 Å². The fraction of sp³-hybridized carbons (Fsp3) is 0.588. The molecule has 1 aromatic rings. The summed E-state index contributed by atoms with van der Waals surface area (Å²) in [6.07, 6.45) is 3.73. The largest absolute Gasteiger partial charge is 0.496 e. The van der Waals surface area contributed by atoms with Crippen molar-refractivity contribution in [1.82, 2.24) is 15.5 Å². The lowest BCUT2D eigenvalue weighted by molar-refractivity contribution is -0.120. The van der Waals surface area contributed by atoms with Gasteiger partial charge in [0.2, 0.25) is 5.91 Å². The van der Waals surface area contributed by atoms with Crippen LogP contribution in [0.5, 0.6) is 5.75 Å². The van der Waals surface area contributed by atoms with E-state index in [1.165, 1.54) is 19.3 Å². The van der Waals surface area contributed by atoms with Gasteiger partial charge in [-0.25, -0.2) is 0 Å². The van der Waals surface area contributed by atoms with Gasteiger partial charge in [0, 0.05) is 12.1 Å². The Balaban J connectivity index is 2.14. The highest BCUT2D eigenvalue weighted by Gasteiger charge is 2.25. The standard InChI is InChI=1S/C17H27N3O2/c1-18-13-17(21)19-12-15(20-10-6-3-7-11-20)14-8-4-5-9-16(14)22-2/h4-5,8-9,15,18H,3,6-7,10-13H2,1-2H3,(H,19,21). The van der Waals surface area contributed by atoms with E-state index in [0.717, 1.165) is 24.4 Å². The van der Waals surface area contributed by atoms with Crippen molar-refractivity contribution in [2.75, 3.05) is 40.3 Å². The number of nitrogens with one attached hydrogen (secondary N) is 2. The quantitative estimate of drug-likeness (QED) is 0.803. The van der Waals surface area contributed by atoms with Crippen LogP contribution < -0.4 is 15.4 Å². The number of carbonyl (C=O) groups is 1. The molecule has 0 aromatic heterocycles. The summed E-state index contributed by atoms with van der Waals surface area (Å²) in [4.78, 5) is 14.3. The molecule has 1 saturated heterocycles. The maximum absolute atomic E-state index is 11.8. The van der Waals surface area contributed by atoms with Crippen LogP contribution in [0.1, 0.15) is 30.9 Å². The highest BCUT2D eigenvalue weighted by Crippen LogP contribution is 2.30. The minimum Gasteiger partial charge on any atom is -0.496 e. The van der Waals surface area contributed by atoms with Gasteiger partial charge in [-0.3, -0.25) is 9.69 Å². The third kappa shape index (κ3) is 4.45. The molecule has 5 nitrogen and oxygen atoms in total. The van der Waals surface area contributed by atoms with Crippen LogP contribution in [0, 0.1) is 0 Å². The first-order valence-electron chi connectivity index (χ1n) is 8.04. The van der Waals surface area contributed by atoms with Crippen molar-refractivity contribution in [3.8, 4) is 5.75 Å². The fourth-order valence-electron chi connectivity index (χ4n) is 3.04. The molecule has 22 heavy (non-hydrogen) atoms. The van der Waals surface area contributed by atoms with Crippen molar-refractivity contribution >= 4 is 5.91 Å². The first-order valence-corrected chi connectivity index (χ1v) is 8.04. The van der Waals surface area contributed by atoms with Crippen LogP contribution in [-0.4, -0.2) is 51.1 Å². The lowest BCUT2D eigenvalue weighted by atomic mass is 10.0. The van der Waals surface area contributed by atoms with E-state index in [1.807, 2.05) is 18.2 Å². The van der Waals surface area contributed by atoms with Gasteiger partial charge in [0.1, 0.15) is 5.75 Å².